The minimum absolute atomic E-state index is 0. The molecule has 0 bridgehead atoms. The number of aromatic nitrogens is 4. The van der Waals surface area contributed by atoms with Gasteiger partial charge in [-0.3, -0.25) is 4.98 Å². The van der Waals surface area contributed by atoms with Crippen molar-refractivity contribution in [1.82, 2.24) is 14.6 Å². The summed E-state index contributed by atoms with van der Waals surface area (Å²) >= 11 is 19.8. The molecule has 1 aromatic carbocycles. The zero-order valence-corrected chi connectivity index (χ0v) is 33.5. The molecule has 4 heterocycles. The van der Waals surface area contributed by atoms with Crippen molar-refractivity contribution < 1.29 is 17.6 Å². The molecule has 0 fully saturated rings. The number of hydrogen-bond acceptors (Lipinski definition) is 7. The smallest absolute Gasteiger partial charge is 0.213 e. The molecule has 3 radical (unpaired) electrons. The SMILES string of the molecule is Brc1cncc(Br)c1.Cc1cc(C)c(S(=O)(=O)[O-])c(C)c1.N#Cc1cnn2cc(Br)cc(Br)c12.N[n+]1cc(Br)cc(Br)c1.[B]. The monoisotopic (exact) mass is 995 g/mol. The molecule has 0 atom stereocenters. The molecule has 0 amide bonds. The molecule has 229 valence electrons. The summed E-state index contributed by atoms with van der Waals surface area (Å²) < 4.78 is 41.3. The zero-order valence-electron chi connectivity index (χ0n) is 23.1. The van der Waals surface area contributed by atoms with Crippen molar-refractivity contribution in [3.63, 3.8) is 0 Å². The van der Waals surface area contributed by atoms with Crippen LogP contribution in [0.5, 0.6) is 0 Å². The van der Waals surface area contributed by atoms with Crippen LogP contribution in [0.3, 0.4) is 0 Å². The first kappa shape index (κ1) is 40.4. The second kappa shape index (κ2) is 18.5. The Labute approximate surface area is 308 Å². The molecule has 0 aliphatic rings. The van der Waals surface area contributed by atoms with E-state index in [0.29, 0.717) is 16.7 Å². The van der Waals surface area contributed by atoms with Crippen molar-refractivity contribution in [3.05, 3.63) is 117 Å². The Morgan fingerprint density at radius 1 is 0.841 bits per heavy atom. The molecule has 17 heteroatoms. The van der Waals surface area contributed by atoms with Gasteiger partial charge in [-0.25, -0.2) is 18.8 Å². The third kappa shape index (κ3) is 13.0. The molecule has 0 saturated heterocycles. The van der Waals surface area contributed by atoms with Crippen LogP contribution in [0, 0.1) is 32.1 Å². The van der Waals surface area contributed by atoms with Gasteiger partial charge in [-0.15, -0.1) is 0 Å². The number of halogens is 6. The van der Waals surface area contributed by atoms with E-state index in [1.165, 1.54) is 4.68 Å². The summed E-state index contributed by atoms with van der Waals surface area (Å²) in [5, 5.41) is 12.8. The Bertz CT molecular complexity index is 1810. The number of fused-ring (bicyclic) bond motifs is 1. The highest BCUT2D eigenvalue weighted by Crippen LogP contribution is 2.25. The van der Waals surface area contributed by atoms with Gasteiger partial charge in [0, 0.05) is 44.9 Å². The molecule has 9 nitrogen and oxygen atoms in total. The van der Waals surface area contributed by atoms with Crippen LogP contribution < -0.4 is 10.5 Å². The summed E-state index contributed by atoms with van der Waals surface area (Å²) in [5.41, 5.74) is 3.37. The van der Waals surface area contributed by atoms with Gasteiger partial charge >= 0.3 is 0 Å². The second-order valence-electron chi connectivity index (χ2n) is 8.59. The normalized spacial score (nSPS) is 10.1. The van der Waals surface area contributed by atoms with Crippen molar-refractivity contribution in [2.75, 3.05) is 5.84 Å². The number of pyridine rings is 3. The second-order valence-corrected chi connectivity index (χ2v) is 15.3. The van der Waals surface area contributed by atoms with Gasteiger partial charge < -0.3 is 4.55 Å². The van der Waals surface area contributed by atoms with E-state index in [4.69, 9.17) is 11.1 Å². The van der Waals surface area contributed by atoms with Crippen molar-refractivity contribution in [1.29, 1.82) is 5.26 Å². The predicted molar refractivity (Wildman–Crippen MR) is 192 cm³/mol. The Morgan fingerprint density at radius 3 is 1.75 bits per heavy atom. The lowest BCUT2D eigenvalue weighted by atomic mass is 10.1. The van der Waals surface area contributed by atoms with E-state index >= 15 is 0 Å². The van der Waals surface area contributed by atoms with Gasteiger partial charge in [0.05, 0.1) is 31.1 Å². The fourth-order valence-electron chi connectivity index (χ4n) is 3.60. The van der Waals surface area contributed by atoms with E-state index in [1.54, 1.807) is 67.7 Å². The lowest BCUT2D eigenvalue weighted by Crippen LogP contribution is -2.43. The van der Waals surface area contributed by atoms with Gasteiger partial charge in [-0.05, 0) is 146 Å². The number of benzene rings is 1. The molecule has 0 aliphatic carbocycles. The van der Waals surface area contributed by atoms with Crippen LogP contribution >= 0.6 is 95.6 Å². The van der Waals surface area contributed by atoms with Crippen molar-refractivity contribution in [2.24, 2.45) is 0 Å². The fourth-order valence-corrected chi connectivity index (χ4v) is 8.19. The van der Waals surface area contributed by atoms with E-state index in [2.05, 4.69) is 112 Å². The van der Waals surface area contributed by atoms with Crippen molar-refractivity contribution in [2.45, 2.75) is 25.7 Å². The predicted octanol–water partition coefficient (Wildman–Crippen LogP) is 7.69. The molecule has 0 saturated carbocycles. The summed E-state index contributed by atoms with van der Waals surface area (Å²) in [6, 6.07) is 11.2. The highest BCUT2D eigenvalue weighted by Gasteiger charge is 2.09. The summed E-state index contributed by atoms with van der Waals surface area (Å²) in [5.74, 6) is 5.42. The topological polar surface area (TPSA) is 141 Å². The standard InChI is InChI=1S/C9H12O3S.C8H3Br2N3.C5H5Br2N2.C5H3Br2N.B/c1-6-4-7(2)9(8(3)5-6)13(10,11)12;9-6-1-7(10)8-5(2-11)3-12-13(8)4-6;6-4-1-5(7)3-9(8)2-4;6-4-1-5(7)3-8-2-4;/h4-5H,1-3H3,(H,10,11,12);1,3-4H;1-3H,8H2;1-3H;/q;;+1;;/p-1. The van der Waals surface area contributed by atoms with Crippen LogP contribution in [0.15, 0.2) is 99.2 Å². The quantitative estimate of drug-likeness (QED) is 0.0787. The first-order valence-electron chi connectivity index (χ1n) is 11.7. The third-order valence-corrected chi connectivity index (χ3v) is 8.92. The molecule has 4 aromatic heterocycles. The Morgan fingerprint density at radius 2 is 1.34 bits per heavy atom. The average Bonchev–Trinajstić information content (AvgIpc) is 3.26. The minimum Gasteiger partial charge on any atom is -0.744 e. The Hall–Kier alpha value is -1.65. The van der Waals surface area contributed by atoms with E-state index in [0.717, 1.165) is 37.9 Å². The average molecular weight is 1000 g/mol. The maximum absolute atomic E-state index is 10.8. The van der Waals surface area contributed by atoms with Gasteiger partial charge in [-0.2, -0.15) is 10.4 Å². The molecule has 2 N–H and O–H groups in total. The minimum atomic E-state index is -4.33. The number of hydrogen-bond donors (Lipinski definition) is 1. The molecule has 44 heavy (non-hydrogen) atoms. The lowest BCUT2D eigenvalue weighted by Gasteiger charge is -2.14. The Balaban J connectivity index is 0.000000297. The number of aryl methyl sites for hydroxylation is 3. The van der Waals surface area contributed by atoms with Crippen molar-refractivity contribution in [3.8, 4) is 6.07 Å². The third-order valence-electron chi connectivity index (χ3n) is 5.00. The van der Waals surface area contributed by atoms with Crippen LogP contribution in [0.2, 0.25) is 0 Å². The van der Waals surface area contributed by atoms with Crippen LogP contribution in [0.4, 0.5) is 0 Å². The summed E-state index contributed by atoms with van der Waals surface area (Å²) in [7, 11) is -4.33. The maximum atomic E-state index is 10.8. The van der Waals surface area contributed by atoms with E-state index in [9.17, 15) is 13.0 Å². The summed E-state index contributed by atoms with van der Waals surface area (Å²) in [6.07, 6.45) is 10.4. The number of rotatable bonds is 1. The van der Waals surface area contributed by atoms with E-state index in [1.807, 2.05) is 25.1 Å². The number of nitrogen functional groups attached to an aromatic ring is 1. The lowest BCUT2D eigenvalue weighted by molar-refractivity contribution is -0.640. The highest BCUT2D eigenvalue weighted by molar-refractivity contribution is 9.11. The van der Waals surface area contributed by atoms with Gasteiger partial charge in [0.2, 0.25) is 12.4 Å². The Kier molecular flexibility index (Phi) is 17.0. The zero-order chi connectivity index (χ0) is 32.5. The van der Waals surface area contributed by atoms with Crippen LogP contribution in [-0.4, -0.2) is 36.0 Å². The largest absolute Gasteiger partial charge is 0.744 e. The van der Waals surface area contributed by atoms with Gasteiger partial charge in [0.25, 0.3) is 0 Å². The number of nitrogens with two attached hydrogens (primary N) is 1. The molecule has 5 rings (SSSR count). The van der Waals surface area contributed by atoms with Crippen molar-refractivity contribution >= 4 is 120 Å². The van der Waals surface area contributed by atoms with E-state index < -0.39 is 10.1 Å². The van der Waals surface area contributed by atoms with Crippen LogP contribution in [-0.2, 0) is 10.1 Å². The molecule has 0 aliphatic heterocycles. The summed E-state index contributed by atoms with van der Waals surface area (Å²) in [4.78, 5) is 3.80. The number of nitriles is 1. The first-order valence-corrected chi connectivity index (χ1v) is 17.8. The molecule has 0 spiro atoms. The van der Waals surface area contributed by atoms with Gasteiger partial charge in [-0.1, -0.05) is 22.4 Å². The molecule has 5 aromatic rings. The summed E-state index contributed by atoms with van der Waals surface area (Å²) in [6.45, 7) is 5.12. The maximum Gasteiger partial charge on any atom is 0.213 e. The molecular formula is C27H22BBr6N6O3S. The molecular weight excluding hydrogens is 979 g/mol. The highest BCUT2D eigenvalue weighted by atomic mass is 79.9. The first-order chi connectivity index (χ1) is 20.0. The van der Waals surface area contributed by atoms with E-state index in [-0.39, 0.29) is 13.3 Å². The van der Waals surface area contributed by atoms with Crippen LogP contribution in [0.1, 0.15) is 22.3 Å². The fraction of sp³-hybridized carbons (Fsp3) is 0.111. The van der Waals surface area contributed by atoms with Gasteiger partial charge in [0.15, 0.2) is 0 Å². The molecule has 0 unspecified atom stereocenters. The van der Waals surface area contributed by atoms with Crippen LogP contribution in [0.25, 0.3) is 5.52 Å². The van der Waals surface area contributed by atoms with Gasteiger partial charge in [0.1, 0.15) is 16.2 Å². The number of nitrogens with zero attached hydrogens (tertiary/aromatic N) is 5.